The summed E-state index contributed by atoms with van der Waals surface area (Å²) in [4.78, 5) is 28.7. The molecule has 4 nitrogen and oxygen atoms in total. The predicted molar refractivity (Wildman–Crippen MR) is 92.5 cm³/mol. The van der Waals surface area contributed by atoms with Crippen LogP contribution in [0, 0.1) is 0 Å². The summed E-state index contributed by atoms with van der Waals surface area (Å²) in [5.41, 5.74) is 0.724. The lowest BCUT2D eigenvalue weighted by molar-refractivity contribution is -0.131. The monoisotopic (exact) mass is 336 g/mol. The van der Waals surface area contributed by atoms with Crippen LogP contribution in [0.25, 0.3) is 0 Å². The van der Waals surface area contributed by atoms with E-state index in [0.717, 1.165) is 22.8 Å². The maximum atomic E-state index is 12.5. The molecule has 2 amide bonds. The molecule has 1 unspecified atom stereocenters. The Hall–Kier alpha value is -1.14. The number of hydrogen-bond acceptors (Lipinski definition) is 4. The molecular weight excluding hydrogens is 316 g/mol. The molecule has 118 valence electrons. The van der Waals surface area contributed by atoms with Gasteiger partial charge in [-0.05, 0) is 12.1 Å². The zero-order chi connectivity index (χ0) is 15.4. The fourth-order valence-electron chi connectivity index (χ4n) is 2.73. The van der Waals surface area contributed by atoms with Crippen molar-refractivity contribution in [3.8, 4) is 0 Å². The van der Waals surface area contributed by atoms with Gasteiger partial charge in [0.05, 0.1) is 5.25 Å². The second-order valence-electron chi connectivity index (χ2n) is 5.42. The van der Waals surface area contributed by atoms with Gasteiger partial charge in [-0.25, -0.2) is 0 Å². The first-order chi connectivity index (χ1) is 10.8. The normalized spacial score (nSPS) is 22.5. The second-order valence-corrected chi connectivity index (χ2v) is 7.88. The van der Waals surface area contributed by atoms with Crippen molar-refractivity contribution in [2.45, 2.75) is 5.25 Å². The van der Waals surface area contributed by atoms with Crippen LogP contribution in [0.5, 0.6) is 0 Å². The van der Waals surface area contributed by atoms with E-state index < -0.39 is 0 Å². The lowest BCUT2D eigenvalue weighted by Crippen LogP contribution is -2.53. The van der Waals surface area contributed by atoms with E-state index in [1.165, 1.54) is 0 Å². The first kappa shape index (κ1) is 15.7. The van der Waals surface area contributed by atoms with Crippen molar-refractivity contribution in [1.29, 1.82) is 0 Å². The number of amides is 2. The lowest BCUT2D eigenvalue weighted by atomic mass is 10.2. The summed E-state index contributed by atoms with van der Waals surface area (Å²) >= 11 is 3.64. The fourth-order valence-corrected chi connectivity index (χ4v) is 5.36. The molecule has 3 rings (SSSR count). The molecule has 2 heterocycles. The van der Waals surface area contributed by atoms with Crippen LogP contribution >= 0.6 is 23.5 Å². The summed E-state index contributed by atoms with van der Waals surface area (Å²) in [6.07, 6.45) is 0. The van der Waals surface area contributed by atoms with Crippen molar-refractivity contribution in [2.75, 3.05) is 43.4 Å². The average molecular weight is 336 g/mol. The number of nitrogens with zero attached hydrogens (tertiary/aromatic N) is 2. The van der Waals surface area contributed by atoms with Crippen molar-refractivity contribution in [3.63, 3.8) is 0 Å². The molecule has 0 N–H and O–H groups in total. The largest absolute Gasteiger partial charge is 0.338 e. The first-order valence-corrected chi connectivity index (χ1v) is 9.78. The minimum Gasteiger partial charge on any atom is -0.338 e. The molecule has 1 aromatic rings. The van der Waals surface area contributed by atoms with Crippen LogP contribution in [-0.2, 0) is 4.79 Å². The molecule has 1 atom stereocenters. The molecule has 6 heteroatoms. The van der Waals surface area contributed by atoms with E-state index in [4.69, 9.17) is 0 Å². The van der Waals surface area contributed by atoms with E-state index in [0.29, 0.717) is 26.2 Å². The maximum Gasteiger partial charge on any atom is 0.253 e. The van der Waals surface area contributed by atoms with Gasteiger partial charge in [-0.3, -0.25) is 9.59 Å². The van der Waals surface area contributed by atoms with Gasteiger partial charge in [-0.15, -0.1) is 11.8 Å². The number of hydrogen-bond donors (Lipinski definition) is 0. The number of thioether (sulfide) groups is 2. The highest BCUT2D eigenvalue weighted by atomic mass is 32.2. The smallest absolute Gasteiger partial charge is 0.253 e. The van der Waals surface area contributed by atoms with Crippen LogP contribution in [0.15, 0.2) is 30.3 Å². The third-order valence-electron chi connectivity index (χ3n) is 3.99. The number of carbonyl (C=O) groups is 2. The minimum absolute atomic E-state index is 0.0651. The van der Waals surface area contributed by atoms with Crippen LogP contribution in [0.1, 0.15) is 10.4 Å². The Balaban J connectivity index is 1.54. The van der Waals surface area contributed by atoms with Crippen molar-refractivity contribution in [3.05, 3.63) is 35.9 Å². The first-order valence-electron chi connectivity index (χ1n) is 7.58. The Kier molecular flexibility index (Phi) is 5.31. The van der Waals surface area contributed by atoms with Crippen LogP contribution in [0.3, 0.4) is 0 Å². The Morgan fingerprint density at radius 2 is 1.64 bits per heavy atom. The quantitative estimate of drug-likeness (QED) is 0.826. The number of rotatable bonds is 2. The lowest BCUT2D eigenvalue weighted by Gasteiger charge is -2.36. The molecule has 22 heavy (non-hydrogen) atoms. The standard InChI is InChI=1S/C16H20N2O2S2/c19-15(13-4-2-1-3-5-13)17-6-8-18(9-7-17)16(20)14-12-21-10-11-22-14/h1-5,14H,6-12H2. The van der Waals surface area contributed by atoms with Crippen molar-refractivity contribution in [1.82, 2.24) is 9.80 Å². The molecular formula is C16H20N2O2S2. The fraction of sp³-hybridized carbons (Fsp3) is 0.500. The minimum atomic E-state index is 0.0651. The van der Waals surface area contributed by atoms with E-state index in [1.54, 1.807) is 11.8 Å². The van der Waals surface area contributed by atoms with Gasteiger partial charge in [0.15, 0.2) is 0 Å². The molecule has 0 aromatic heterocycles. The summed E-state index contributed by atoms with van der Waals surface area (Å²) in [5, 5.41) is 0.107. The molecule has 0 aliphatic carbocycles. The molecule has 2 aliphatic rings. The van der Waals surface area contributed by atoms with Gasteiger partial charge >= 0.3 is 0 Å². The van der Waals surface area contributed by atoms with Crippen molar-refractivity contribution in [2.24, 2.45) is 0 Å². The van der Waals surface area contributed by atoms with Gasteiger partial charge in [0.2, 0.25) is 5.91 Å². The average Bonchev–Trinajstić information content (AvgIpc) is 2.62. The molecule has 1 aromatic carbocycles. The van der Waals surface area contributed by atoms with Gasteiger partial charge in [0.1, 0.15) is 0 Å². The van der Waals surface area contributed by atoms with E-state index in [9.17, 15) is 9.59 Å². The highest BCUT2D eigenvalue weighted by Gasteiger charge is 2.30. The molecule has 2 fully saturated rings. The predicted octanol–water partition coefficient (Wildman–Crippen LogP) is 1.82. The van der Waals surface area contributed by atoms with Gasteiger partial charge in [-0.2, -0.15) is 11.8 Å². The number of benzene rings is 1. The molecule has 0 saturated carbocycles. The summed E-state index contributed by atoms with van der Waals surface area (Å²) in [6, 6.07) is 9.36. The van der Waals surface area contributed by atoms with Crippen LogP contribution in [0.2, 0.25) is 0 Å². The SMILES string of the molecule is O=C(c1ccccc1)N1CCN(C(=O)C2CSCCS2)CC1. The maximum absolute atomic E-state index is 12.5. The summed E-state index contributed by atoms with van der Waals surface area (Å²) in [5.74, 6) is 3.45. The van der Waals surface area contributed by atoms with E-state index >= 15 is 0 Å². The summed E-state index contributed by atoms with van der Waals surface area (Å²) in [7, 11) is 0. The Morgan fingerprint density at radius 3 is 2.27 bits per heavy atom. The van der Waals surface area contributed by atoms with Crippen LogP contribution in [-0.4, -0.2) is 70.3 Å². The van der Waals surface area contributed by atoms with Gasteiger partial charge in [0, 0.05) is 49.0 Å². The molecule has 0 spiro atoms. The number of carbonyl (C=O) groups excluding carboxylic acids is 2. The van der Waals surface area contributed by atoms with Crippen molar-refractivity contribution < 1.29 is 9.59 Å². The van der Waals surface area contributed by atoms with Crippen LogP contribution in [0.4, 0.5) is 0 Å². The van der Waals surface area contributed by atoms with Crippen molar-refractivity contribution >= 4 is 35.3 Å². The second kappa shape index (κ2) is 7.42. The Bertz CT molecular complexity index is 524. The highest BCUT2D eigenvalue weighted by Crippen LogP contribution is 2.26. The van der Waals surface area contributed by atoms with Gasteiger partial charge in [-0.1, -0.05) is 18.2 Å². The summed E-state index contributed by atoms with van der Waals surface area (Å²) < 4.78 is 0. The van der Waals surface area contributed by atoms with E-state index in [1.807, 2.05) is 51.9 Å². The Labute approximate surface area is 139 Å². The van der Waals surface area contributed by atoms with Gasteiger partial charge in [0.25, 0.3) is 5.91 Å². The van der Waals surface area contributed by atoms with E-state index in [-0.39, 0.29) is 17.1 Å². The molecule has 0 bridgehead atoms. The topological polar surface area (TPSA) is 40.6 Å². The van der Waals surface area contributed by atoms with Gasteiger partial charge < -0.3 is 9.80 Å². The van der Waals surface area contributed by atoms with Crippen LogP contribution < -0.4 is 0 Å². The highest BCUT2D eigenvalue weighted by molar-refractivity contribution is 8.07. The molecule has 2 saturated heterocycles. The summed E-state index contributed by atoms with van der Waals surface area (Å²) in [6.45, 7) is 2.56. The Morgan fingerprint density at radius 1 is 0.955 bits per heavy atom. The van der Waals surface area contributed by atoms with E-state index in [2.05, 4.69) is 0 Å². The number of piperazine rings is 1. The molecule has 0 radical (unpaired) electrons. The molecule has 2 aliphatic heterocycles. The zero-order valence-corrected chi connectivity index (χ0v) is 14.1. The third kappa shape index (κ3) is 3.60. The zero-order valence-electron chi connectivity index (χ0n) is 12.4. The third-order valence-corrected chi connectivity index (χ3v) is 6.73.